The number of nitrogens with two attached hydrogens (primary N) is 1. The molecule has 0 aliphatic rings. The summed E-state index contributed by atoms with van der Waals surface area (Å²) < 4.78 is 5.52. The molecule has 108 valence electrons. The molecule has 3 nitrogen and oxygen atoms in total. The van der Waals surface area contributed by atoms with Crippen molar-refractivity contribution in [3.63, 3.8) is 0 Å². The normalized spacial score (nSPS) is 14.5. The van der Waals surface area contributed by atoms with Crippen LogP contribution in [0.5, 0.6) is 5.75 Å². The number of methoxy groups -OCH3 is 1. The van der Waals surface area contributed by atoms with Gasteiger partial charge in [0.1, 0.15) is 5.75 Å². The standard InChI is InChI=1S/C16H28N2O/c1-6-12-7-8-15(19-5)13(9-12)16(18-4)14(10-17)11(2)3/h7-9,11,14,16,18H,6,10,17H2,1-5H3. The van der Waals surface area contributed by atoms with Crippen molar-refractivity contribution in [2.75, 3.05) is 20.7 Å². The molecule has 0 saturated carbocycles. The molecule has 1 rings (SSSR count). The summed E-state index contributed by atoms with van der Waals surface area (Å²) in [5.41, 5.74) is 8.51. The minimum absolute atomic E-state index is 0.228. The largest absolute Gasteiger partial charge is 0.496 e. The van der Waals surface area contributed by atoms with E-state index in [0.717, 1.165) is 12.2 Å². The Labute approximate surface area is 117 Å². The Balaban J connectivity index is 3.21. The molecule has 19 heavy (non-hydrogen) atoms. The molecular formula is C16H28N2O. The summed E-state index contributed by atoms with van der Waals surface area (Å²) in [4.78, 5) is 0. The van der Waals surface area contributed by atoms with E-state index < -0.39 is 0 Å². The third-order valence-electron chi connectivity index (χ3n) is 3.91. The maximum absolute atomic E-state index is 5.97. The number of rotatable bonds is 7. The molecule has 1 aromatic rings. The highest BCUT2D eigenvalue weighted by molar-refractivity contribution is 5.40. The summed E-state index contributed by atoms with van der Waals surface area (Å²) in [5, 5.41) is 3.42. The number of ether oxygens (including phenoxy) is 1. The minimum atomic E-state index is 0.228. The van der Waals surface area contributed by atoms with Crippen LogP contribution in [-0.4, -0.2) is 20.7 Å². The van der Waals surface area contributed by atoms with Crippen LogP contribution in [0.4, 0.5) is 0 Å². The average molecular weight is 264 g/mol. The molecule has 2 unspecified atom stereocenters. The molecule has 3 heteroatoms. The zero-order valence-electron chi connectivity index (χ0n) is 12.9. The van der Waals surface area contributed by atoms with E-state index in [9.17, 15) is 0 Å². The Morgan fingerprint density at radius 3 is 2.42 bits per heavy atom. The summed E-state index contributed by atoms with van der Waals surface area (Å²) in [6, 6.07) is 6.66. The molecule has 0 bridgehead atoms. The predicted molar refractivity (Wildman–Crippen MR) is 81.6 cm³/mol. The Morgan fingerprint density at radius 1 is 1.32 bits per heavy atom. The topological polar surface area (TPSA) is 47.3 Å². The molecule has 2 atom stereocenters. The predicted octanol–water partition coefficient (Wildman–Crippen LogP) is 2.75. The van der Waals surface area contributed by atoms with Gasteiger partial charge in [0, 0.05) is 11.6 Å². The van der Waals surface area contributed by atoms with Gasteiger partial charge in [-0.3, -0.25) is 0 Å². The molecule has 0 saturated heterocycles. The molecule has 3 N–H and O–H groups in total. The van der Waals surface area contributed by atoms with Gasteiger partial charge in [0.2, 0.25) is 0 Å². The summed E-state index contributed by atoms with van der Waals surface area (Å²) >= 11 is 0. The first-order valence-electron chi connectivity index (χ1n) is 7.13. The molecule has 0 fully saturated rings. The van der Waals surface area contributed by atoms with E-state index in [0.29, 0.717) is 18.4 Å². The molecule has 0 aliphatic carbocycles. The van der Waals surface area contributed by atoms with Gasteiger partial charge >= 0.3 is 0 Å². The van der Waals surface area contributed by atoms with E-state index in [1.54, 1.807) is 7.11 Å². The van der Waals surface area contributed by atoms with Crippen LogP contribution >= 0.6 is 0 Å². The monoisotopic (exact) mass is 264 g/mol. The third-order valence-corrected chi connectivity index (χ3v) is 3.91. The first-order valence-corrected chi connectivity index (χ1v) is 7.13. The van der Waals surface area contributed by atoms with Gasteiger partial charge in [0.15, 0.2) is 0 Å². The van der Waals surface area contributed by atoms with E-state index in [-0.39, 0.29) is 6.04 Å². The molecule has 0 spiro atoms. The van der Waals surface area contributed by atoms with Crippen molar-refractivity contribution in [2.24, 2.45) is 17.6 Å². The van der Waals surface area contributed by atoms with Gasteiger partial charge in [-0.25, -0.2) is 0 Å². The van der Waals surface area contributed by atoms with Crippen LogP contribution in [0.25, 0.3) is 0 Å². The minimum Gasteiger partial charge on any atom is -0.496 e. The number of aryl methyl sites for hydroxylation is 1. The zero-order chi connectivity index (χ0) is 14.4. The van der Waals surface area contributed by atoms with Crippen LogP contribution < -0.4 is 15.8 Å². The van der Waals surface area contributed by atoms with Gasteiger partial charge in [-0.2, -0.15) is 0 Å². The lowest BCUT2D eigenvalue weighted by Crippen LogP contribution is -2.34. The fraction of sp³-hybridized carbons (Fsp3) is 0.625. The molecule has 1 aromatic carbocycles. The molecule has 0 aromatic heterocycles. The molecule has 0 heterocycles. The SMILES string of the molecule is CCc1ccc(OC)c(C(NC)C(CN)C(C)C)c1. The van der Waals surface area contributed by atoms with Crippen LogP contribution in [0, 0.1) is 11.8 Å². The number of hydrogen-bond donors (Lipinski definition) is 2. The van der Waals surface area contributed by atoms with E-state index in [1.807, 2.05) is 7.05 Å². The van der Waals surface area contributed by atoms with E-state index >= 15 is 0 Å². The third kappa shape index (κ3) is 3.71. The van der Waals surface area contributed by atoms with Crippen molar-refractivity contribution in [3.05, 3.63) is 29.3 Å². The summed E-state index contributed by atoms with van der Waals surface area (Å²) in [5.74, 6) is 1.86. The summed E-state index contributed by atoms with van der Waals surface area (Å²) in [7, 11) is 3.72. The smallest absolute Gasteiger partial charge is 0.123 e. The van der Waals surface area contributed by atoms with Crippen molar-refractivity contribution in [3.8, 4) is 5.75 Å². The lowest BCUT2D eigenvalue weighted by Gasteiger charge is -2.30. The highest BCUT2D eigenvalue weighted by atomic mass is 16.5. The highest BCUT2D eigenvalue weighted by Crippen LogP contribution is 2.33. The molecular weight excluding hydrogens is 236 g/mol. The Morgan fingerprint density at radius 2 is 2.00 bits per heavy atom. The van der Waals surface area contributed by atoms with Gasteiger partial charge in [0.05, 0.1) is 7.11 Å². The van der Waals surface area contributed by atoms with Gasteiger partial charge in [-0.05, 0) is 43.5 Å². The second-order valence-electron chi connectivity index (χ2n) is 5.34. The lowest BCUT2D eigenvalue weighted by molar-refractivity contribution is 0.290. The highest BCUT2D eigenvalue weighted by Gasteiger charge is 2.26. The lowest BCUT2D eigenvalue weighted by atomic mass is 9.83. The fourth-order valence-electron chi connectivity index (χ4n) is 2.64. The number of benzene rings is 1. The first-order chi connectivity index (χ1) is 9.08. The Bertz CT molecular complexity index is 390. The van der Waals surface area contributed by atoms with Crippen molar-refractivity contribution < 1.29 is 4.74 Å². The fourth-order valence-corrected chi connectivity index (χ4v) is 2.64. The number of hydrogen-bond acceptors (Lipinski definition) is 3. The summed E-state index contributed by atoms with van der Waals surface area (Å²) in [6.07, 6.45) is 1.03. The van der Waals surface area contributed by atoms with Crippen LogP contribution in [0.3, 0.4) is 0 Å². The second-order valence-corrected chi connectivity index (χ2v) is 5.34. The Hall–Kier alpha value is -1.06. The van der Waals surface area contributed by atoms with Crippen LogP contribution in [0.15, 0.2) is 18.2 Å². The molecule has 0 radical (unpaired) electrons. The molecule has 0 aliphatic heterocycles. The van der Waals surface area contributed by atoms with Gasteiger partial charge in [-0.15, -0.1) is 0 Å². The quantitative estimate of drug-likeness (QED) is 0.796. The van der Waals surface area contributed by atoms with Gasteiger partial charge < -0.3 is 15.8 Å². The number of nitrogens with one attached hydrogen (secondary N) is 1. The Kier molecular flexibility index (Phi) is 6.32. The van der Waals surface area contributed by atoms with Crippen molar-refractivity contribution in [1.29, 1.82) is 0 Å². The van der Waals surface area contributed by atoms with E-state index in [4.69, 9.17) is 10.5 Å². The summed E-state index contributed by atoms with van der Waals surface area (Å²) in [6.45, 7) is 7.28. The van der Waals surface area contributed by atoms with Crippen LogP contribution in [-0.2, 0) is 6.42 Å². The second kappa shape index (κ2) is 7.51. The van der Waals surface area contributed by atoms with Crippen molar-refractivity contribution in [2.45, 2.75) is 33.2 Å². The first kappa shape index (κ1) is 16.0. The maximum Gasteiger partial charge on any atom is 0.123 e. The zero-order valence-corrected chi connectivity index (χ0v) is 12.9. The van der Waals surface area contributed by atoms with Crippen LogP contribution in [0.2, 0.25) is 0 Å². The van der Waals surface area contributed by atoms with Gasteiger partial charge in [-0.1, -0.05) is 32.9 Å². The van der Waals surface area contributed by atoms with E-state index in [1.165, 1.54) is 11.1 Å². The van der Waals surface area contributed by atoms with Crippen LogP contribution in [0.1, 0.15) is 37.9 Å². The maximum atomic E-state index is 5.97. The van der Waals surface area contributed by atoms with E-state index in [2.05, 4.69) is 44.3 Å². The average Bonchev–Trinajstić information content (AvgIpc) is 2.43. The van der Waals surface area contributed by atoms with Gasteiger partial charge in [0.25, 0.3) is 0 Å². The van der Waals surface area contributed by atoms with Crippen molar-refractivity contribution >= 4 is 0 Å². The van der Waals surface area contributed by atoms with Crippen molar-refractivity contribution in [1.82, 2.24) is 5.32 Å². The molecule has 0 amide bonds.